The van der Waals surface area contributed by atoms with E-state index in [4.69, 9.17) is 4.74 Å². The fraction of sp³-hybridized carbons (Fsp3) is 0.389. The number of epoxide rings is 1. The van der Waals surface area contributed by atoms with Gasteiger partial charge in [-0.3, -0.25) is 9.69 Å². The van der Waals surface area contributed by atoms with Crippen LogP contribution in [0.3, 0.4) is 0 Å². The molecule has 2 aromatic rings. The highest BCUT2D eigenvalue weighted by Gasteiger charge is 2.36. The molecule has 2 heterocycles. The maximum absolute atomic E-state index is 12.0. The Hall–Kier alpha value is -1.91. The summed E-state index contributed by atoms with van der Waals surface area (Å²) in [5, 5.41) is 2.62. The maximum Gasteiger partial charge on any atom is 0.254 e. The van der Waals surface area contributed by atoms with E-state index >= 15 is 0 Å². The first kappa shape index (κ1) is 13.7. The minimum Gasteiger partial charge on any atom is -0.363 e. The van der Waals surface area contributed by atoms with Gasteiger partial charge in [-0.25, -0.2) is 0 Å². The predicted molar refractivity (Wildman–Crippen MR) is 85.5 cm³/mol. The van der Waals surface area contributed by atoms with E-state index in [9.17, 15) is 4.79 Å². The summed E-state index contributed by atoms with van der Waals surface area (Å²) in [4.78, 5) is 16.4. The lowest BCUT2D eigenvalue weighted by atomic mass is 10.0. The Morgan fingerprint density at radius 3 is 2.55 bits per heavy atom. The van der Waals surface area contributed by atoms with Gasteiger partial charge in [0.05, 0.1) is 6.61 Å². The van der Waals surface area contributed by atoms with E-state index in [0.717, 1.165) is 32.7 Å². The summed E-state index contributed by atoms with van der Waals surface area (Å²) >= 11 is 0. The van der Waals surface area contributed by atoms with Gasteiger partial charge in [0.1, 0.15) is 0 Å². The van der Waals surface area contributed by atoms with Crippen LogP contribution < -0.4 is 0 Å². The van der Waals surface area contributed by atoms with Gasteiger partial charge < -0.3 is 9.64 Å². The van der Waals surface area contributed by atoms with Crippen molar-refractivity contribution in [3.05, 3.63) is 48.0 Å². The number of nitrogens with zero attached hydrogens (tertiary/aromatic N) is 2. The monoisotopic (exact) mass is 296 g/mol. The van der Waals surface area contributed by atoms with Gasteiger partial charge in [-0.15, -0.1) is 0 Å². The van der Waals surface area contributed by atoms with Gasteiger partial charge in [0.2, 0.25) is 0 Å². The summed E-state index contributed by atoms with van der Waals surface area (Å²) in [5.74, 6) is 0.171. The molecule has 2 fully saturated rings. The number of fused-ring (bicyclic) bond motifs is 1. The molecule has 1 amide bonds. The third-order valence-corrected chi connectivity index (χ3v) is 4.57. The van der Waals surface area contributed by atoms with Crippen LogP contribution in [0.5, 0.6) is 0 Å². The molecule has 0 saturated carbocycles. The van der Waals surface area contributed by atoms with Crippen LogP contribution in [0, 0.1) is 0 Å². The third kappa shape index (κ3) is 2.72. The number of rotatable bonds is 3. The number of carbonyl (C=O) groups excluding carboxylic acids is 1. The molecule has 2 aromatic carbocycles. The molecule has 4 rings (SSSR count). The summed E-state index contributed by atoms with van der Waals surface area (Å²) in [6.07, 6.45) is -0.149. The van der Waals surface area contributed by atoms with E-state index in [-0.39, 0.29) is 12.0 Å². The molecule has 0 radical (unpaired) electrons. The molecule has 4 nitrogen and oxygen atoms in total. The highest BCUT2D eigenvalue weighted by Crippen LogP contribution is 2.21. The van der Waals surface area contributed by atoms with Gasteiger partial charge in [-0.05, 0) is 16.3 Å². The predicted octanol–water partition coefficient (Wildman–Crippen LogP) is 1.88. The molecule has 2 aliphatic heterocycles. The molecule has 22 heavy (non-hydrogen) atoms. The van der Waals surface area contributed by atoms with Crippen molar-refractivity contribution in [2.75, 3.05) is 32.8 Å². The second-order valence-electron chi connectivity index (χ2n) is 6.06. The topological polar surface area (TPSA) is 36.1 Å². The van der Waals surface area contributed by atoms with Crippen LogP contribution in [0.25, 0.3) is 10.8 Å². The lowest BCUT2D eigenvalue weighted by molar-refractivity contribution is -0.134. The lowest BCUT2D eigenvalue weighted by Gasteiger charge is -2.34. The van der Waals surface area contributed by atoms with E-state index in [0.29, 0.717) is 6.61 Å². The van der Waals surface area contributed by atoms with E-state index in [1.165, 1.54) is 16.3 Å². The Labute approximate surface area is 130 Å². The molecule has 0 aromatic heterocycles. The van der Waals surface area contributed by atoms with Crippen molar-refractivity contribution in [1.29, 1.82) is 0 Å². The Morgan fingerprint density at radius 2 is 1.77 bits per heavy atom. The second kappa shape index (κ2) is 5.71. The van der Waals surface area contributed by atoms with E-state index in [1.807, 2.05) is 4.90 Å². The highest BCUT2D eigenvalue weighted by molar-refractivity contribution is 5.85. The number of piperazine rings is 1. The minimum atomic E-state index is -0.149. The normalized spacial score (nSPS) is 22.0. The maximum atomic E-state index is 12.0. The zero-order chi connectivity index (χ0) is 14.9. The first-order valence-electron chi connectivity index (χ1n) is 7.91. The Balaban J connectivity index is 1.42. The first-order chi connectivity index (χ1) is 10.8. The van der Waals surface area contributed by atoms with Crippen LogP contribution in [0.4, 0.5) is 0 Å². The van der Waals surface area contributed by atoms with Crippen molar-refractivity contribution in [3.63, 3.8) is 0 Å². The molecule has 4 heteroatoms. The minimum absolute atomic E-state index is 0.149. The molecule has 0 N–H and O–H groups in total. The van der Waals surface area contributed by atoms with Gasteiger partial charge in [0, 0.05) is 32.7 Å². The summed E-state index contributed by atoms with van der Waals surface area (Å²) in [7, 11) is 0. The molecule has 0 bridgehead atoms. The van der Waals surface area contributed by atoms with Gasteiger partial charge >= 0.3 is 0 Å². The summed E-state index contributed by atoms with van der Waals surface area (Å²) < 4.78 is 5.09. The van der Waals surface area contributed by atoms with Gasteiger partial charge in [-0.1, -0.05) is 42.5 Å². The smallest absolute Gasteiger partial charge is 0.254 e. The van der Waals surface area contributed by atoms with Crippen LogP contribution in [0.1, 0.15) is 5.56 Å². The van der Waals surface area contributed by atoms with E-state index in [1.54, 1.807) is 0 Å². The summed E-state index contributed by atoms with van der Waals surface area (Å²) in [5.41, 5.74) is 1.36. The molecule has 2 saturated heterocycles. The third-order valence-electron chi connectivity index (χ3n) is 4.57. The Bertz CT molecular complexity index is 683. The average Bonchev–Trinajstić information content (AvgIpc) is 3.40. The lowest BCUT2D eigenvalue weighted by Crippen LogP contribution is -2.49. The fourth-order valence-corrected chi connectivity index (χ4v) is 3.19. The quantitative estimate of drug-likeness (QED) is 0.812. The van der Waals surface area contributed by atoms with Crippen LogP contribution >= 0.6 is 0 Å². The molecular weight excluding hydrogens is 276 g/mol. The van der Waals surface area contributed by atoms with Crippen molar-refractivity contribution < 1.29 is 9.53 Å². The standard InChI is InChI=1S/C18H20N2O2/c21-18(17-13-22-17)20-10-8-19(9-11-20)12-15-6-3-5-14-4-1-2-7-16(14)15/h1-7,17H,8-13H2. The van der Waals surface area contributed by atoms with Crippen LogP contribution in [-0.4, -0.2) is 54.6 Å². The zero-order valence-electron chi connectivity index (χ0n) is 12.6. The van der Waals surface area contributed by atoms with Crippen molar-refractivity contribution in [3.8, 4) is 0 Å². The Morgan fingerprint density at radius 1 is 1.05 bits per heavy atom. The molecule has 1 atom stereocenters. The Kier molecular flexibility index (Phi) is 3.56. The van der Waals surface area contributed by atoms with E-state index < -0.39 is 0 Å². The fourth-order valence-electron chi connectivity index (χ4n) is 3.19. The zero-order valence-corrected chi connectivity index (χ0v) is 12.6. The molecule has 1 unspecified atom stereocenters. The van der Waals surface area contributed by atoms with Crippen molar-refractivity contribution >= 4 is 16.7 Å². The second-order valence-corrected chi connectivity index (χ2v) is 6.06. The van der Waals surface area contributed by atoms with Crippen molar-refractivity contribution in [2.45, 2.75) is 12.6 Å². The number of hydrogen-bond donors (Lipinski definition) is 0. The number of benzene rings is 2. The molecule has 2 aliphatic rings. The largest absolute Gasteiger partial charge is 0.363 e. The first-order valence-corrected chi connectivity index (χ1v) is 7.91. The van der Waals surface area contributed by atoms with Crippen LogP contribution in [0.2, 0.25) is 0 Å². The number of hydrogen-bond acceptors (Lipinski definition) is 3. The van der Waals surface area contributed by atoms with Gasteiger partial charge in [-0.2, -0.15) is 0 Å². The molecule has 0 aliphatic carbocycles. The van der Waals surface area contributed by atoms with Gasteiger partial charge in [0.25, 0.3) is 5.91 Å². The van der Waals surface area contributed by atoms with E-state index in [2.05, 4.69) is 47.4 Å². The van der Waals surface area contributed by atoms with Crippen molar-refractivity contribution in [1.82, 2.24) is 9.80 Å². The molecular formula is C18H20N2O2. The molecule has 0 spiro atoms. The summed E-state index contributed by atoms with van der Waals surface area (Å²) in [6, 6.07) is 15.0. The SMILES string of the molecule is O=C(C1CO1)N1CCN(Cc2cccc3ccccc23)CC1. The van der Waals surface area contributed by atoms with Crippen LogP contribution in [-0.2, 0) is 16.1 Å². The average molecular weight is 296 g/mol. The number of carbonyl (C=O) groups is 1. The molecule has 114 valence electrons. The van der Waals surface area contributed by atoms with Gasteiger partial charge in [0.15, 0.2) is 6.10 Å². The van der Waals surface area contributed by atoms with Crippen molar-refractivity contribution in [2.24, 2.45) is 0 Å². The number of amides is 1. The number of ether oxygens (including phenoxy) is 1. The summed E-state index contributed by atoms with van der Waals surface area (Å²) in [6.45, 7) is 5.04. The van der Waals surface area contributed by atoms with Crippen LogP contribution in [0.15, 0.2) is 42.5 Å². The highest BCUT2D eigenvalue weighted by atomic mass is 16.6.